The molecular formula is C13H13N3O2S. The summed E-state index contributed by atoms with van der Waals surface area (Å²) in [5, 5.41) is 1.80. The van der Waals surface area contributed by atoms with Gasteiger partial charge in [-0.1, -0.05) is 36.4 Å². The highest BCUT2D eigenvalue weighted by Gasteiger charge is 2.18. The second-order valence-corrected chi connectivity index (χ2v) is 4.77. The van der Waals surface area contributed by atoms with E-state index in [4.69, 9.17) is 5.73 Å². The molecule has 4 N–H and O–H groups in total. The third-order valence-electron chi connectivity index (χ3n) is 2.49. The Morgan fingerprint density at radius 3 is 2.42 bits per heavy atom. The SMILES string of the molecule is NC(=O)C(NNC(=O)c1cccs1)c1ccccc1. The van der Waals surface area contributed by atoms with Crippen molar-refractivity contribution in [2.75, 3.05) is 0 Å². The maximum Gasteiger partial charge on any atom is 0.275 e. The van der Waals surface area contributed by atoms with Crippen LogP contribution in [-0.2, 0) is 4.79 Å². The summed E-state index contributed by atoms with van der Waals surface area (Å²) in [4.78, 5) is 23.7. The molecule has 98 valence electrons. The highest BCUT2D eigenvalue weighted by Crippen LogP contribution is 2.11. The molecule has 2 aromatic rings. The summed E-state index contributed by atoms with van der Waals surface area (Å²) in [7, 11) is 0. The van der Waals surface area contributed by atoms with Gasteiger partial charge in [0.2, 0.25) is 5.91 Å². The largest absolute Gasteiger partial charge is 0.368 e. The maximum atomic E-state index is 11.7. The Bertz CT molecular complexity index is 555. The van der Waals surface area contributed by atoms with Gasteiger partial charge >= 0.3 is 0 Å². The molecule has 2 amide bonds. The number of nitrogens with one attached hydrogen (secondary N) is 2. The third kappa shape index (κ3) is 3.40. The lowest BCUT2D eigenvalue weighted by Gasteiger charge is -2.16. The summed E-state index contributed by atoms with van der Waals surface area (Å²) in [5.74, 6) is -0.852. The molecule has 1 aromatic heterocycles. The molecule has 6 heteroatoms. The van der Waals surface area contributed by atoms with E-state index in [1.165, 1.54) is 11.3 Å². The molecule has 5 nitrogen and oxygen atoms in total. The number of nitrogens with two attached hydrogens (primary N) is 1. The number of hydrogen-bond acceptors (Lipinski definition) is 4. The number of thiophene rings is 1. The minimum Gasteiger partial charge on any atom is -0.368 e. The predicted molar refractivity (Wildman–Crippen MR) is 73.3 cm³/mol. The fourth-order valence-electron chi connectivity index (χ4n) is 1.57. The standard InChI is InChI=1S/C13H13N3O2S/c14-12(17)11(9-5-2-1-3-6-9)15-16-13(18)10-7-4-8-19-10/h1-8,11,15H,(H2,14,17)(H,16,18). The van der Waals surface area contributed by atoms with Crippen LogP contribution in [0.15, 0.2) is 47.8 Å². The van der Waals surface area contributed by atoms with Gasteiger partial charge in [-0.2, -0.15) is 0 Å². The topological polar surface area (TPSA) is 84.2 Å². The zero-order chi connectivity index (χ0) is 13.7. The van der Waals surface area contributed by atoms with Crippen LogP contribution in [0.25, 0.3) is 0 Å². The normalized spacial score (nSPS) is 11.8. The maximum absolute atomic E-state index is 11.7. The molecule has 1 atom stereocenters. The van der Waals surface area contributed by atoms with Crippen LogP contribution < -0.4 is 16.6 Å². The molecule has 1 aromatic carbocycles. The summed E-state index contributed by atoms with van der Waals surface area (Å²) < 4.78 is 0. The highest BCUT2D eigenvalue weighted by molar-refractivity contribution is 7.12. The van der Waals surface area contributed by atoms with Crippen LogP contribution in [0.4, 0.5) is 0 Å². The van der Waals surface area contributed by atoms with Crippen molar-refractivity contribution in [1.29, 1.82) is 0 Å². The van der Waals surface area contributed by atoms with Crippen molar-refractivity contribution in [3.8, 4) is 0 Å². The second kappa shape index (κ2) is 6.12. The van der Waals surface area contributed by atoms with Crippen LogP contribution in [0.5, 0.6) is 0 Å². The van der Waals surface area contributed by atoms with Crippen molar-refractivity contribution in [2.45, 2.75) is 6.04 Å². The van der Waals surface area contributed by atoms with E-state index >= 15 is 0 Å². The molecule has 2 rings (SSSR count). The fraction of sp³-hybridized carbons (Fsp3) is 0.0769. The van der Waals surface area contributed by atoms with Gasteiger partial charge in [0, 0.05) is 0 Å². The van der Waals surface area contributed by atoms with Crippen molar-refractivity contribution in [3.63, 3.8) is 0 Å². The number of carbonyl (C=O) groups is 2. The van der Waals surface area contributed by atoms with Crippen LogP contribution >= 0.6 is 11.3 Å². The van der Waals surface area contributed by atoms with Gasteiger partial charge in [0.05, 0.1) is 4.88 Å². The summed E-state index contributed by atoms with van der Waals surface area (Å²) >= 11 is 1.32. The number of benzene rings is 1. The fourth-order valence-corrected chi connectivity index (χ4v) is 2.19. The van der Waals surface area contributed by atoms with E-state index in [1.54, 1.807) is 41.8 Å². The van der Waals surface area contributed by atoms with Gasteiger partial charge < -0.3 is 5.73 Å². The number of carbonyl (C=O) groups excluding carboxylic acids is 2. The van der Waals surface area contributed by atoms with E-state index in [0.29, 0.717) is 10.4 Å². The summed E-state index contributed by atoms with van der Waals surface area (Å²) in [6.07, 6.45) is 0. The molecule has 0 saturated heterocycles. The van der Waals surface area contributed by atoms with E-state index in [-0.39, 0.29) is 5.91 Å². The van der Waals surface area contributed by atoms with Crippen LogP contribution in [0.1, 0.15) is 21.3 Å². The van der Waals surface area contributed by atoms with Crippen LogP contribution in [0.3, 0.4) is 0 Å². The average Bonchev–Trinajstić information content (AvgIpc) is 2.93. The second-order valence-electron chi connectivity index (χ2n) is 3.82. The zero-order valence-corrected chi connectivity index (χ0v) is 10.8. The quantitative estimate of drug-likeness (QED) is 0.717. The van der Waals surface area contributed by atoms with Crippen molar-refractivity contribution < 1.29 is 9.59 Å². The van der Waals surface area contributed by atoms with E-state index in [2.05, 4.69) is 10.9 Å². The van der Waals surface area contributed by atoms with Crippen LogP contribution in [0, 0.1) is 0 Å². The van der Waals surface area contributed by atoms with Gasteiger partial charge in [0.25, 0.3) is 5.91 Å². The molecule has 0 fully saturated rings. The summed E-state index contributed by atoms with van der Waals surface area (Å²) in [5.41, 5.74) is 11.2. The summed E-state index contributed by atoms with van der Waals surface area (Å²) in [6, 6.07) is 11.7. The molecule has 19 heavy (non-hydrogen) atoms. The monoisotopic (exact) mass is 275 g/mol. The molecule has 0 aliphatic carbocycles. The molecule has 0 spiro atoms. The highest BCUT2D eigenvalue weighted by atomic mass is 32.1. The molecular weight excluding hydrogens is 262 g/mol. The molecule has 0 aliphatic heterocycles. The summed E-state index contributed by atoms with van der Waals surface area (Å²) in [6.45, 7) is 0. The number of amides is 2. The minimum atomic E-state index is -0.759. The van der Waals surface area contributed by atoms with Crippen LogP contribution in [-0.4, -0.2) is 11.8 Å². The van der Waals surface area contributed by atoms with Crippen molar-refractivity contribution in [2.24, 2.45) is 5.73 Å². The molecule has 0 saturated carbocycles. The Morgan fingerprint density at radius 2 is 1.84 bits per heavy atom. The smallest absolute Gasteiger partial charge is 0.275 e. The van der Waals surface area contributed by atoms with E-state index in [1.807, 2.05) is 6.07 Å². The van der Waals surface area contributed by atoms with Crippen molar-refractivity contribution in [3.05, 3.63) is 58.3 Å². The molecule has 1 heterocycles. The van der Waals surface area contributed by atoms with Crippen molar-refractivity contribution >= 4 is 23.2 Å². The first-order valence-corrected chi connectivity index (χ1v) is 6.50. The van der Waals surface area contributed by atoms with Gasteiger partial charge in [0.1, 0.15) is 6.04 Å². The zero-order valence-electron chi connectivity index (χ0n) is 10.00. The number of rotatable bonds is 5. The lowest BCUT2D eigenvalue weighted by Crippen LogP contribution is -2.44. The first kappa shape index (κ1) is 13.3. The number of hydrazine groups is 1. The van der Waals surface area contributed by atoms with Gasteiger partial charge in [0.15, 0.2) is 0 Å². The van der Waals surface area contributed by atoms with E-state index < -0.39 is 11.9 Å². The van der Waals surface area contributed by atoms with E-state index in [9.17, 15) is 9.59 Å². The lowest BCUT2D eigenvalue weighted by atomic mass is 10.1. The average molecular weight is 275 g/mol. The van der Waals surface area contributed by atoms with Crippen molar-refractivity contribution in [1.82, 2.24) is 10.9 Å². The Kier molecular flexibility index (Phi) is 4.27. The van der Waals surface area contributed by atoms with Gasteiger partial charge in [-0.15, -0.1) is 11.3 Å². The number of hydrogen-bond donors (Lipinski definition) is 3. The Balaban J connectivity index is 2.03. The minimum absolute atomic E-state index is 0.294. The Labute approximate surface area is 114 Å². The molecule has 0 bridgehead atoms. The molecule has 1 unspecified atom stereocenters. The first-order valence-electron chi connectivity index (χ1n) is 5.62. The Hall–Kier alpha value is -2.18. The van der Waals surface area contributed by atoms with Gasteiger partial charge in [-0.25, -0.2) is 5.43 Å². The van der Waals surface area contributed by atoms with E-state index in [0.717, 1.165) is 0 Å². The van der Waals surface area contributed by atoms with Gasteiger partial charge in [-0.3, -0.25) is 15.0 Å². The molecule has 0 aliphatic rings. The van der Waals surface area contributed by atoms with Gasteiger partial charge in [-0.05, 0) is 17.0 Å². The predicted octanol–water partition coefficient (Wildman–Crippen LogP) is 1.21. The van der Waals surface area contributed by atoms with Crippen LogP contribution in [0.2, 0.25) is 0 Å². The third-order valence-corrected chi connectivity index (χ3v) is 3.36. The number of primary amides is 1. The first-order chi connectivity index (χ1) is 9.18. The Morgan fingerprint density at radius 1 is 1.11 bits per heavy atom. The lowest BCUT2D eigenvalue weighted by molar-refractivity contribution is -0.120. The molecule has 0 radical (unpaired) electrons.